The van der Waals surface area contributed by atoms with E-state index in [1.54, 1.807) is 18.2 Å². The highest BCUT2D eigenvalue weighted by atomic mass is 32.2. The minimum Gasteiger partial charge on any atom is -0.468 e. The molecule has 0 spiro atoms. The molecule has 1 heterocycles. The van der Waals surface area contributed by atoms with Crippen molar-refractivity contribution in [2.24, 2.45) is 5.92 Å². The molecule has 0 saturated heterocycles. The molecule has 0 bridgehead atoms. The van der Waals surface area contributed by atoms with Crippen LogP contribution in [-0.2, 0) is 19.4 Å². The van der Waals surface area contributed by atoms with Gasteiger partial charge in [0.15, 0.2) is 9.84 Å². The average Bonchev–Trinajstić information content (AvgIpc) is 3.14. The van der Waals surface area contributed by atoms with Gasteiger partial charge in [0, 0.05) is 13.1 Å². The minimum absolute atomic E-state index is 0.119. The minimum atomic E-state index is -3.83. The van der Waals surface area contributed by atoms with E-state index >= 15 is 0 Å². The van der Waals surface area contributed by atoms with Crippen LogP contribution in [0.5, 0.6) is 0 Å². The van der Waals surface area contributed by atoms with Crippen molar-refractivity contribution < 1.29 is 22.4 Å². The van der Waals surface area contributed by atoms with E-state index in [0.717, 1.165) is 5.56 Å². The maximum atomic E-state index is 13.0. The van der Waals surface area contributed by atoms with E-state index < -0.39 is 26.9 Å². The predicted molar refractivity (Wildman–Crippen MR) is 101 cm³/mol. The molecule has 2 N–H and O–H groups in total. The lowest BCUT2D eigenvalue weighted by Gasteiger charge is -2.17. The van der Waals surface area contributed by atoms with Crippen molar-refractivity contribution in [3.8, 4) is 0 Å². The van der Waals surface area contributed by atoms with Crippen molar-refractivity contribution >= 4 is 21.7 Å². The first kappa shape index (κ1) is 20.7. The molecule has 1 atom stereocenters. The third-order valence-electron chi connectivity index (χ3n) is 3.91. The van der Waals surface area contributed by atoms with Gasteiger partial charge in [0.1, 0.15) is 11.0 Å². The molecular formula is C19H24N2O5S. The summed E-state index contributed by atoms with van der Waals surface area (Å²) in [6, 6.07) is 9.52. The van der Waals surface area contributed by atoms with Gasteiger partial charge in [0.2, 0.25) is 0 Å². The Kier molecular flexibility index (Phi) is 6.79. The molecule has 0 aliphatic carbocycles. The first-order valence-corrected chi connectivity index (χ1v) is 10.2. The molecule has 0 aliphatic heterocycles. The SMILES string of the molecule is Cc1ccc(S(=O)(=O)[C@@H](CNC(=O)C(=O)NCC(C)C)c2ccco2)cc1. The van der Waals surface area contributed by atoms with Crippen LogP contribution < -0.4 is 10.6 Å². The Labute approximate surface area is 159 Å². The highest BCUT2D eigenvalue weighted by Crippen LogP contribution is 2.29. The van der Waals surface area contributed by atoms with Crippen LogP contribution in [0.15, 0.2) is 52.0 Å². The van der Waals surface area contributed by atoms with Crippen LogP contribution in [-0.4, -0.2) is 33.3 Å². The van der Waals surface area contributed by atoms with Crippen molar-refractivity contribution in [3.05, 3.63) is 54.0 Å². The van der Waals surface area contributed by atoms with E-state index in [0.29, 0.717) is 6.54 Å². The normalized spacial score (nSPS) is 12.6. The second-order valence-electron chi connectivity index (χ2n) is 6.68. The molecule has 0 radical (unpaired) electrons. The summed E-state index contributed by atoms with van der Waals surface area (Å²) in [4.78, 5) is 23.9. The van der Waals surface area contributed by atoms with Crippen molar-refractivity contribution in [2.75, 3.05) is 13.1 Å². The molecule has 1 aromatic heterocycles. The largest absolute Gasteiger partial charge is 0.468 e. The fraction of sp³-hybridized carbons (Fsp3) is 0.368. The van der Waals surface area contributed by atoms with Crippen molar-refractivity contribution in [3.63, 3.8) is 0 Å². The monoisotopic (exact) mass is 392 g/mol. The van der Waals surface area contributed by atoms with Gasteiger partial charge in [-0.05, 0) is 37.1 Å². The molecule has 0 aliphatic rings. The number of hydrogen-bond donors (Lipinski definition) is 2. The van der Waals surface area contributed by atoms with Crippen LogP contribution >= 0.6 is 0 Å². The number of carbonyl (C=O) groups is 2. The summed E-state index contributed by atoms with van der Waals surface area (Å²) < 4.78 is 31.3. The summed E-state index contributed by atoms with van der Waals surface area (Å²) >= 11 is 0. The van der Waals surface area contributed by atoms with E-state index in [2.05, 4.69) is 10.6 Å². The zero-order valence-corrected chi connectivity index (χ0v) is 16.4. The Bertz CT molecular complexity index is 871. The number of benzene rings is 1. The van der Waals surface area contributed by atoms with Gasteiger partial charge in [-0.15, -0.1) is 0 Å². The summed E-state index contributed by atoms with van der Waals surface area (Å²) in [5, 5.41) is 3.74. The van der Waals surface area contributed by atoms with E-state index in [1.165, 1.54) is 24.5 Å². The van der Waals surface area contributed by atoms with E-state index in [1.807, 2.05) is 20.8 Å². The zero-order valence-electron chi connectivity index (χ0n) is 15.6. The van der Waals surface area contributed by atoms with Crippen molar-refractivity contribution in [1.29, 1.82) is 0 Å². The molecule has 0 saturated carbocycles. The zero-order chi connectivity index (χ0) is 20.0. The summed E-state index contributed by atoms with van der Waals surface area (Å²) in [6.07, 6.45) is 1.37. The molecule has 2 aromatic rings. The number of aryl methyl sites for hydroxylation is 1. The van der Waals surface area contributed by atoms with Gasteiger partial charge < -0.3 is 15.1 Å². The number of rotatable bonds is 7. The highest BCUT2D eigenvalue weighted by Gasteiger charge is 2.32. The number of hydrogen-bond acceptors (Lipinski definition) is 5. The molecule has 8 heteroatoms. The Balaban J connectivity index is 2.17. The number of amides is 2. The molecule has 146 valence electrons. The first-order chi connectivity index (χ1) is 12.7. The quantitative estimate of drug-likeness (QED) is 0.701. The number of carbonyl (C=O) groups excluding carboxylic acids is 2. The van der Waals surface area contributed by atoms with Gasteiger partial charge in [-0.1, -0.05) is 31.5 Å². The van der Waals surface area contributed by atoms with E-state index in [4.69, 9.17) is 4.42 Å². The third-order valence-corrected chi connectivity index (χ3v) is 5.99. The van der Waals surface area contributed by atoms with Crippen molar-refractivity contribution in [2.45, 2.75) is 30.9 Å². The lowest BCUT2D eigenvalue weighted by atomic mass is 10.2. The van der Waals surface area contributed by atoms with Crippen LogP contribution in [0.2, 0.25) is 0 Å². The lowest BCUT2D eigenvalue weighted by Crippen LogP contribution is -2.43. The summed E-state index contributed by atoms with van der Waals surface area (Å²) in [5.41, 5.74) is 0.929. The summed E-state index contributed by atoms with van der Waals surface area (Å²) in [5.74, 6) is -1.29. The van der Waals surface area contributed by atoms with Gasteiger partial charge >= 0.3 is 11.8 Å². The summed E-state index contributed by atoms with van der Waals surface area (Å²) in [6.45, 7) is 5.74. The maximum absolute atomic E-state index is 13.0. The second-order valence-corrected chi connectivity index (χ2v) is 8.81. The second kappa shape index (κ2) is 8.85. The van der Waals surface area contributed by atoms with Gasteiger partial charge in [-0.2, -0.15) is 0 Å². The van der Waals surface area contributed by atoms with Gasteiger partial charge in [-0.25, -0.2) is 8.42 Å². The van der Waals surface area contributed by atoms with Crippen LogP contribution in [0.25, 0.3) is 0 Å². The lowest BCUT2D eigenvalue weighted by molar-refractivity contribution is -0.139. The Morgan fingerprint density at radius 3 is 2.11 bits per heavy atom. The smallest absolute Gasteiger partial charge is 0.309 e. The molecule has 0 fully saturated rings. The molecule has 2 amide bonds. The van der Waals surface area contributed by atoms with Gasteiger partial charge in [0.05, 0.1) is 11.2 Å². The molecular weight excluding hydrogens is 368 g/mol. The van der Waals surface area contributed by atoms with Crippen LogP contribution in [0.3, 0.4) is 0 Å². The average molecular weight is 392 g/mol. The molecule has 0 unspecified atom stereocenters. The topological polar surface area (TPSA) is 105 Å². The fourth-order valence-electron chi connectivity index (χ4n) is 2.37. The number of furan rings is 1. The van der Waals surface area contributed by atoms with Gasteiger partial charge in [0.25, 0.3) is 0 Å². The highest BCUT2D eigenvalue weighted by molar-refractivity contribution is 7.91. The predicted octanol–water partition coefficient (Wildman–Crippen LogP) is 1.99. The Morgan fingerprint density at radius 1 is 1.00 bits per heavy atom. The van der Waals surface area contributed by atoms with E-state index in [-0.39, 0.29) is 23.1 Å². The molecule has 7 nitrogen and oxygen atoms in total. The Hall–Kier alpha value is -2.61. The molecule has 1 aromatic carbocycles. The third kappa shape index (κ3) is 5.43. The van der Waals surface area contributed by atoms with Gasteiger partial charge in [-0.3, -0.25) is 9.59 Å². The fourth-order valence-corrected chi connectivity index (χ4v) is 3.96. The van der Waals surface area contributed by atoms with E-state index in [9.17, 15) is 18.0 Å². The van der Waals surface area contributed by atoms with Crippen molar-refractivity contribution in [1.82, 2.24) is 10.6 Å². The number of sulfone groups is 1. The van der Waals surface area contributed by atoms with Crippen LogP contribution in [0.4, 0.5) is 0 Å². The molecule has 2 rings (SSSR count). The summed E-state index contributed by atoms with van der Waals surface area (Å²) in [7, 11) is -3.83. The standard InChI is InChI=1S/C19H24N2O5S/c1-13(2)11-20-18(22)19(23)21-12-17(16-5-4-10-26-16)27(24,25)15-8-6-14(3)7-9-15/h4-10,13,17H,11-12H2,1-3H3,(H,20,22)(H,21,23)/t17-/m0/s1. The van der Waals surface area contributed by atoms with Crippen LogP contribution in [0, 0.1) is 12.8 Å². The van der Waals surface area contributed by atoms with Crippen LogP contribution in [0.1, 0.15) is 30.4 Å². The maximum Gasteiger partial charge on any atom is 0.309 e. The Morgan fingerprint density at radius 2 is 1.59 bits per heavy atom. The molecule has 27 heavy (non-hydrogen) atoms. The first-order valence-electron chi connectivity index (χ1n) is 8.61. The number of nitrogens with one attached hydrogen (secondary N) is 2.